The van der Waals surface area contributed by atoms with E-state index in [1.54, 1.807) is 44.3 Å². The van der Waals surface area contributed by atoms with E-state index >= 15 is 0 Å². The zero-order valence-electron chi connectivity index (χ0n) is 19.6. The van der Waals surface area contributed by atoms with Gasteiger partial charge in [0, 0.05) is 22.8 Å². The first-order valence-electron chi connectivity index (χ1n) is 10.8. The van der Waals surface area contributed by atoms with E-state index in [0.717, 1.165) is 21.2 Å². The lowest BCUT2D eigenvalue weighted by atomic mass is 10.0. The molecule has 0 bridgehead atoms. The number of hydrogen-bond acceptors (Lipinski definition) is 5. The fourth-order valence-electron chi connectivity index (χ4n) is 3.41. The number of nitrogens with one attached hydrogen (secondary N) is 2. The molecule has 4 rings (SSSR count). The number of nitrogens with zero attached hydrogens (tertiary/aromatic N) is 1. The van der Waals surface area contributed by atoms with Gasteiger partial charge < -0.3 is 22.1 Å². The maximum Gasteiger partial charge on any atom is 0.416 e. The van der Waals surface area contributed by atoms with Gasteiger partial charge in [-0.25, -0.2) is 14.2 Å². The summed E-state index contributed by atoms with van der Waals surface area (Å²) in [6.07, 6.45) is -3.06. The number of hydrogen-bond donors (Lipinski definition) is 4. The fraction of sp³-hybridized carbons (Fsp3) is 0.154. The van der Waals surface area contributed by atoms with Crippen LogP contribution in [-0.2, 0) is 6.18 Å². The van der Waals surface area contributed by atoms with Crippen molar-refractivity contribution in [3.8, 4) is 23.0 Å². The first-order chi connectivity index (χ1) is 17.3. The normalized spacial score (nSPS) is 11.6. The number of anilines is 3. The van der Waals surface area contributed by atoms with Crippen molar-refractivity contribution in [1.29, 1.82) is 0 Å². The Bertz CT molecular complexity index is 1540. The number of alkyl halides is 3. The fourth-order valence-corrected chi connectivity index (χ4v) is 4.47. The van der Waals surface area contributed by atoms with Crippen molar-refractivity contribution in [3.05, 3.63) is 71.0 Å². The number of benzene rings is 2. The summed E-state index contributed by atoms with van der Waals surface area (Å²) in [6, 6.07) is 7.56. The lowest BCUT2D eigenvalue weighted by Gasteiger charge is -2.12. The molecule has 11 heteroatoms. The minimum absolute atomic E-state index is 0.341. The number of nitrogens with two attached hydrogens (primary N) is 2. The largest absolute Gasteiger partial charge is 0.416 e. The van der Waals surface area contributed by atoms with Gasteiger partial charge in [0.15, 0.2) is 0 Å². The van der Waals surface area contributed by atoms with Crippen molar-refractivity contribution in [2.24, 2.45) is 5.73 Å². The Kier molecular flexibility index (Phi) is 6.82. The van der Waals surface area contributed by atoms with E-state index in [9.17, 15) is 22.4 Å². The summed E-state index contributed by atoms with van der Waals surface area (Å²) in [7, 11) is 0. The molecule has 0 unspecified atom stereocenters. The topological polar surface area (TPSA) is 106 Å². The molecule has 0 aliphatic heterocycles. The molecule has 37 heavy (non-hydrogen) atoms. The second-order valence-electron chi connectivity index (χ2n) is 8.73. The molecular weight excluding hydrogens is 506 g/mol. The van der Waals surface area contributed by atoms with Gasteiger partial charge in [0.05, 0.1) is 27.1 Å². The van der Waals surface area contributed by atoms with Crippen LogP contribution in [0.3, 0.4) is 0 Å². The number of halogens is 4. The quantitative estimate of drug-likeness (QED) is 0.182. The molecule has 0 fully saturated rings. The van der Waals surface area contributed by atoms with Gasteiger partial charge in [0.2, 0.25) is 0 Å². The zero-order chi connectivity index (χ0) is 27.0. The summed E-state index contributed by atoms with van der Waals surface area (Å²) in [5, 5.41) is 7.24. The highest BCUT2D eigenvalue weighted by molar-refractivity contribution is 7.18. The molecule has 0 atom stereocenters. The smallest absolute Gasteiger partial charge is 0.383 e. The molecule has 0 spiro atoms. The van der Waals surface area contributed by atoms with Gasteiger partial charge in [-0.15, -0.1) is 11.3 Å². The van der Waals surface area contributed by atoms with E-state index in [1.165, 1.54) is 11.3 Å². The zero-order valence-corrected chi connectivity index (χ0v) is 20.4. The number of amides is 2. The number of fused-ring (bicyclic) bond motifs is 1. The molecule has 6 nitrogen and oxygen atoms in total. The van der Waals surface area contributed by atoms with E-state index in [2.05, 4.69) is 27.5 Å². The molecule has 0 aliphatic rings. The van der Waals surface area contributed by atoms with Crippen molar-refractivity contribution in [1.82, 2.24) is 4.98 Å². The Hall–Kier alpha value is -4.14. The van der Waals surface area contributed by atoms with Crippen LogP contribution in [0.2, 0.25) is 0 Å². The van der Waals surface area contributed by atoms with Crippen molar-refractivity contribution in [2.45, 2.75) is 25.6 Å². The van der Waals surface area contributed by atoms with E-state index in [1.807, 2.05) is 5.38 Å². The highest BCUT2D eigenvalue weighted by atomic mass is 32.1. The Labute approximate surface area is 213 Å². The van der Waals surface area contributed by atoms with Crippen LogP contribution in [0.25, 0.3) is 21.2 Å². The summed E-state index contributed by atoms with van der Waals surface area (Å²) in [6.45, 7) is 3.60. The van der Waals surface area contributed by atoms with Crippen LogP contribution in [0, 0.1) is 17.7 Å². The van der Waals surface area contributed by atoms with Gasteiger partial charge in [0.25, 0.3) is 0 Å². The standard InChI is InChI=1S/C26H21F4N5OS/c1-25(2,32)10-9-15-12-33-23(31)21-18(13-37-22(15)21)14-3-6-17(7-4-14)34-24(36)35-20-11-16(26(28,29)30)5-8-19(20)27/h3-8,11-13H,32H2,1-2H3,(H2,31,33)(H2,34,35,36). The monoisotopic (exact) mass is 527 g/mol. The Balaban J connectivity index is 1.55. The number of carbonyl (C=O) groups is 1. The second-order valence-corrected chi connectivity index (χ2v) is 9.61. The third-order valence-corrected chi connectivity index (χ3v) is 6.15. The molecule has 2 amide bonds. The molecule has 2 aromatic carbocycles. The molecule has 0 radical (unpaired) electrons. The maximum absolute atomic E-state index is 13.9. The highest BCUT2D eigenvalue weighted by Crippen LogP contribution is 2.38. The SMILES string of the molecule is CC(C)(N)C#Cc1cnc(N)c2c(-c3ccc(NC(=O)Nc4cc(C(F)(F)F)ccc4F)cc3)csc12. The number of nitrogen functional groups attached to an aromatic ring is 1. The summed E-state index contributed by atoms with van der Waals surface area (Å²) in [5.74, 6) is 5.39. The first-order valence-corrected chi connectivity index (χ1v) is 11.7. The van der Waals surface area contributed by atoms with Crippen molar-refractivity contribution in [2.75, 3.05) is 16.4 Å². The summed E-state index contributed by atoms with van der Waals surface area (Å²) >= 11 is 1.46. The molecule has 6 N–H and O–H groups in total. The van der Waals surface area contributed by atoms with Crippen LogP contribution in [0.1, 0.15) is 25.0 Å². The average molecular weight is 528 g/mol. The summed E-state index contributed by atoms with van der Waals surface area (Å²) in [4.78, 5) is 16.5. The van der Waals surface area contributed by atoms with Crippen LogP contribution in [0.5, 0.6) is 0 Å². The van der Waals surface area contributed by atoms with Crippen LogP contribution in [0.15, 0.2) is 54.0 Å². The van der Waals surface area contributed by atoms with Crippen LogP contribution >= 0.6 is 11.3 Å². The molecule has 2 heterocycles. The van der Waals surface area contributed by atoms with Crippen LogP contribution in [-0.4, -0.2) is 16.6 Å². The number of carbonyl (C=O) groups excluding carboxylic acids is 1. The molecule has 4 aromatic rings. The Morgan fingerprint density at radius 3 is 2.43 bits per heavy atom. The Morgan fingerprint density at radius 1 is 1.08 bits per heavy atom. The number of urea groups is 1. The summed E-state index contributed by atoms with van der Waals surface area (Å²) in [5.41, 5.74) is 12.5. The predicted octanol–water partition coefficient (Wildman–Crippen LogP) is 6.44. The second kappa shape index (κ2) is 9.72. The maximum atomic E-state index is 13.9. The molecule has 0 aliphatic carbocycles. The molecule has 190 valence electrons. The first kappa shape index (κ1) is 25.9. The third-order valence-electron chi connectivity index (χ3n) is 5.14. The van der Waals surface area contributed by atoms with Gasteiger partial charge in [-0.05, 0) is 55.1 Å². The van der Waals surface area contributed by atoms with Gasteiger partial charge >= 0.3 is 12.2 Å². The highest BCUT2D eigenvalue weighted by Gasteiger charge is 2.31. The number of rotatable bonds is 3. The van der Waals surface area contributed by atoms with E-state index < -0.39 is 34.8 Å². The molecule has 2 aromatic heterocycles. The van der Waals surface area contributed by atoms with Gasteiger partial charge in [-0.2, -0.15) is 13.2 Å². The van der Waals surface area contributed by atoms with Gasteiger partial charge in [-0.3, -0.25) is 0 Å². The minimum atomic E-state index is -4.67. The summed E-state index contributed by atoms with van der Waals surface area (Å²) < 4.78 is 53.5. The van der Waals surface area contributed by atoms with Crippen molar-refractivity contribution < 1.29 is 22.4 Å². The number of pyridine rings is 1. The van der Waals surface area contributed by atoms with Gasteiger partial charge in [0.1, 0.15) is 11.6 Å². The lowest BCUT2D eigenvalue weighted by molar-refractivity contribution is -0.137. The molecule has 0 saturated heterocycles. The van der Waals surface area contributed by atoms with Crippen molar-refractivity contribution >= 4 is 44.6 Å². The molecular formula is C26H21F4N5OS. The number of thiophene rings is 1. The van der Waals surface area contributed by atoms with Crippen LogP contribution < -0.4 is 22.1 Å². The number of aromatic nitrogens is 1. The lowest BCUT2D eigenvalue weighted by Crippen LogP contribution is -2.29. The van der Waals surface area contributed by atoms with Gasteiger partial charge in [-0.1, -0.05) is 24.0 Å². The van der Waals surface area contributed by atoms with E-state index in [-0.39, 0.29) is 0 Å². The third kappa shape index (κ3) is 5.99. The predicted molar refractivity (Wildman–Crippen MR) is 139 cm³/mol. The van der Waals surface area contributed by atoms with Crippen LogP contribution in [0.4, 0.5) is 39.5 Å². The molecule has 0 saturated carbocycles. The van der Waals surface area contributed by atoms with E-state index in [0.29, 0.717) is 35.3 Å². The average Bonchev–Trinajstić information content (AvgIpc) is 3.25. The van der Waals surface area contributed by atoms with E-state index in [4.69, 9.17) is 11.5 Å². The van der Waals surface area contributed by atoms with Crippen molar-refractivity contribution in [3.63, 3.8) is 0 Å². The Morgan fingerprint density at radius 2 is 1.78 bits per heavy atom. The minimum Gasteiger partial charge on any atom is -0.383 e.